The number of hydrogen-bond acceptors (Lipinski definition) is 3. The van der Waals surface area contributed by atoms with Gasteiger partial charge in [-0.3, -0.25) is 9.59 Å². The summed E-state index contributed by atoms with van der Waals surface area (Å²) in [6.45, 7) is 4.22. The SMILES string of the molecule is CC[C@H](C)c1ccc(OCC(=O)Nc2ccc(NC(=O)c3ccc(Cl)cc3Cl)cc2)cc1. The van der Waals surface area contributed by atoms with E-state index in [9.17, 15) is 9.59 Å². The van der Waals surface area contributed by atoms with Gasteiger partial charge < -0.3 is 15.4 Å². The maximum absolute atomic E-state index is 12.4. The minimum atomic E-state index is -0.351. The Morgan fingerprint density at radius 1 is 0.906 bits per heavy atom. The highest BCUT2D eigenvalue weighted by molar-refractivity contribution is 6.37. The summed E-state index contributed by atoms with van der Waals surface area (Å²) in [7, 11) is 0. The molecule has 0 aromatic heterocycles. The van der Waals surface area contributed by atoms with E-state index in [2.05, 4.69) is 24.5 Å². The van der Waals surface area contributed by atoms with Crippen molar-refractivity contribution in [2.24, 2.45) is 0 Å². The van der Waals surface area contributed by atoms with Crippen LogP contribution in [0.3, 0.4) is 0 Å². The Morgan fingerprint density at radius 3 is 2.12 bits per heavy atom. The quantitative estimate of drug-likeness (QED) is 0.381. The van der Waals surface area contributed by atoms with E-state index < -0.39 is 0 Å². The van der Waals surface area contributed by atoms with E-state index in [1.807, 2.05) is 24.3 Å². The van der Waals surface area contributed by atoms with Gasteiger partial charge in [-0.05, 0) is 72.5 Å². The average molecular weight is 471 g/mol. The third-order valence-electron chi connectivity index (χ3n) is 5.03. The molecular formula is C25H24Cl2N2O3. The lowest BCUT2D eigenvalue weighted by Crippen LogP contribution is -2.20. The number of nitrogens with one attached hydrogen (secondary N) is 2. The zero-order valence-electron chi connectivity index (χ0n) is 17.8. The summed E-state index contributed by atoms with van der Waals surface area (Å²) in [6, 6.07) is 19.2. The molecule has 7 heteroatoms. The molecule has 2 N–H and O–H groups in total. The van der Waals surface area contributed by atoms with E-state index in [-0.39, 0.29) is 23.4 Å². The molecule has 0 fully saturated rings. The van der Waals surface area contributed by atoms with Crippen molar-refractivity contribution >= 4 is 46.4 Å². The van der Waals surface area contributed by atoms with Gasteiger partial charge in [-0.25, -0.2) is 0 Å². The summed E-state index contributed by atoms with van der Waals surface area (Å²) >= 11 is 11.9. The molecule has 0 heterocycles. The lowest BCUT2D eigenvalue weighted by molar-refractivity contribution is -0.118. The monoisotopic (exact) mass is 470 g/mol. The number of hydrogen-bond donors (Lipinski definition) is 2. The summed E-state index contributed by atoms with van der Waals surface area (Å²) in [5.41, 5.74) is 2.72. The van der Waals surface area contributed by atoms with Crippen LogP contribution in [-0.2, 0) is 4.79 Å². The topological polar surface area (TPSA) is 67.4 Å². The predicted molar refractivity (Wildman–Crippen MR) is 130 cm³/mol. The highest BCUT2D eigenvalue weighted by Gasteiger charge is 2.11. The molecule has 1 atom stereocenters. The van der Waals surface area contributed by atoms with Gasteiger partial charge >= 0.3 is 0 Å². The summed E-state index contributed by atoms with van der Waals surface area (Å²) in [5.74, 6) is 0.506. The number of anilines is 2. The van der Waals surface area contributed by atoms with Crippen LogP contribution in [-0.4, -0.2) is 18.4 Å². The molecule has 3 aromatic carbocycles. The zero-order chi connectivity index (χ0) is 23.1. The van der Waals surface area contributed by atoms with Crippen LogP contribution in [0.1, 0.15) is 42.1 Å². The van der Waals surface area contributed by atoms with E-state index >= 15 is 0 Å². The second-order valence-electron chi connectivity index (χ2n) is 7.37. The Morgan fingerprint density at radius 2 is 1.53 bits per heavy atom. The minimum absolute atomic E-state index is 0.101. The number of ether oxygens (including phenoxy) is 1. The molecule has 32 heavy (non-hydrogen) atoms. The fraction of sp³-hybridized carbons (Fsp3) is 0.200. The fourth-order valence-electron chi connectivity index (χ4n) is 2.98. The molecular weight excluding hydrogens is 447 g/mol. The molecule has 3 rings (SSSR count). The molecule has 0 radical (unpaired) electrons. The molecule has 166 valence electrons. The first-order valence-electron chi connectivity index (χ1n) is 10.2. The molecule has 0 saturated heterocycles. The number of rotatable bonds is 8. The number of benzene rings is 3. The normalized spacial score (nSPS) is 11.5. The minimum Gasteiger partial charge on any atom is -0.484 e. The second kappa shape index (κ2) is 11.0. The van der Waals surface area contributed by atoms with Gasteiger partial charge in [0, 0.05) is 16.4 Å². The van der Waals surface area contributed by atoms with Gasteiger partial charge in [-0.1, -0.05) is 49.2 Å². The molecule has 0 saturated carbocycles. The van der Waals surface area contributed by atoms with Crippen LogP contribution < -0.4 is 15.4 Å². The largest absolute Gasteiger partial charge is 0.484 e. The number of carbonyl (C=O) groups is 2. The third-order valence-corrected chi connectivity index (χ3v) is 5.58. The molecule has 5 nitrogen and oxygen atoms in total. The molecule has 3 aromatic rings. The van der Waals surface area contributed by atoms with Crippen LogP contribution >= 0.6 is 23.2 Å². The van der Waals surface area contributed by atoms with Crippen LogP contribution in [0.4, 0.5) is 11.4 Å². The van der Waals surface area contributed by atoms with Gasteiger partial charge in [-0.2, -0.15) is 0 Å². The van der Waals surface area contributed by atoms with E-state index in [0.29, 0.717) is 33.6 Å². The van der Waals surface area contributed by atoms with Gasteiger partial charge in [0.15, 0.2) is 6.61 Å². The van der Waals surface area contributed by atoms with Gasteiger partial charge in [0.1, 0.15) is 5.75 Å². The Hall–Kier alpha value is -3.02. The molecule has 0 bridgehead atoms. The van der Waals surface area contributed by atoms with Gasteiger partial charge in [0.2, 0.25) is 0 Å². The zero-order valence-corrected chi connectivity index (χ0v) is 19.3. The average Bonchev–Trinajstić information content (AvgIpc) is 2.78. The lowest BCUT2D eigenvalue weighted by atomic mass is 9.99. The molecule has 0 spiro atoms. The first-order chi connectivity index (χ1) is 15.4. The van der Waals surface area contributed by atoms with E-state index in [4.69, 9.17) is 27.9 Å². The fourth-order valence-corrected chi connectivity index (χ4v) is 3.48. The van der Waals surface area contributed by atoms with E-state index in [1.54, 1.807) is 36.4 Å². The number of carbonyl (C=O) groups excluding carboxylic acids is 2. The maximum Gasteiger partial charge on any atom is 0.262 e. The van der Waals surface area contributed by atoms with Gasteiger partial charge in [0.25, 0.3) is 11.8 Å². The highest BCUT2D eigenvalue weighted by Crippen LogP contribution is 2.23. The van der Waals surface area contributed by atoms with Crippen LogP contribution in [0, 0.1) is 0 Å². The second-order valence-corrected chi connectivity index (χ2v) is 8.21. The first-order valence-corrected chi connectivity index (χ1v) is 11.0. The standard InChI is InChI=1S/C25H24Cl2N2O3/c1-3-16(2)17-4-11-21(12-5-17)32-15-24(30)28-19-7-9-20(10-8-19)29-25(31)22-13-6-18(26)14-23(22)27/h4-14,16H,3,15H2,1-2H3,(H,28,30)(H,29,31)/t16-/m0/s1. The van der Waals surface area contributed by atoms with Crippen LogP contribution in [0.25, 0.3) is 0 Å². The van der Waals surface area contributed by atoms with Crippen molar-refractivity contribution < 1.29 is 14.3 Å². The Kier molecular flexibility index (Phi) is 8.14. The van der Waals surface area contributed by atoms with Crippen molar-refractivity contribution in [2.45, 2.75) is 26.2 Å². The van der Waals surface area contributed by atoms with Crippen LogP contribution in [0.5, 0.6) is 5.75 Å². The highest BCUT2D eigenvalue weighted by atomic mass is 35.5. The summed E-state index contributed by atoms with van der Waals surface area (Å²) < 4.78 is 5.56. The Labute approximate surface area is 197 Å². The number of halogens is 2. The third kappa shape index (κ3) is 6.49. The summed E-state index contributed by atoms with van der Waals surface area (Å²) in [6.07, 6.45) is 1.07. The Bertz CT molecular complexity index is 1080. The summed E-state index contributed by atoms with van der Waals surface area (Å²) in [5, 5.41) is 6.25. The van der Waals surface area contributed by atoms with E-state index in [0.717, 1.165) is 6.42 Å². The molecule has 2 amide bonds. The Balaban J connectivity index is 1.50. The predicted octanol–water partition coefficient (Wildman–Crippen LogP) is 6.78. The van der Waals surface area contributed by atoms with Gasteiger partial charge in [-0.15, -0.1) is 0 Å². The summed E-state index contributed by atoms with van der Waals surface area (Å²) in [4.78, 5) is 24.6. The van der Waals surface area contributed by atoms with Gasteiger partial charge in [0.05, 0.1) is 10.6 Å². The lowest BCUT2D eigenvalue weighted by Gasteiger charge is -2.11. The van der Waals surface area contributed by atoms with Crippen molar-refractivity contribution in [3.05, 3.63) is 87.9 Å². The van der Waals surface area contributed by atoms with Crippen molar-refractivity contribution in [1.29, 1.82) is 0 Å². The van der Waals surface area contributed by atoms with Crippen molar-refractivity contribution in [3.8, 4) is 5.75 Å². The van der Waals surface area contributed by atoms with Crippen LogP contribution in [0.2, 0.25) is 10.0 Å². The van der Waals surface area contributed by atoms with Crippen molar-refractivity contribution in [1.82, 2.24) is 0 Å². The van der Waals surface area contributed by atoms with Crippen molar-refractivity contribution in [3.63, 3.8) is 0 Å². The van der Waals surface area contributed by atoms with Crippen molar-refractivity contribution in [2.75, 3.05) is 17.2 Å². The first kappa shape index (κ1) is 23.6. The molecule has 0 unspecified atom stereocenters. The van der Waals surface area contributed by atoms with E-state index in [1.165, 1.54) is 11.6 Å². The molecule has 0 aliphatic carbocycles. The smallest absolute Gasteiger partial charge is 0.262 e. The maximum atomic E-state index is 12.4. The van der Waals surface area contributed by atoms with Crippen LogP contribution in [0.15, 0.2) is 66.7 Å². The molecule has 0 aliphatic rings. The number of amides is 2. The molecule has 0 aliphatic heterocycles.